The number of hydrogen-bond donors (Lipinski definition) is 0. The zero-order valence-corrected chi connectivity index (χ0v) is 9.68. The molecule has 0 saturated heterocycles. The second kappa shape index (κ2) is 4.80. The molecular formula is C14H17Br. The van der Waals surface area contributed by atoms with Gasteiger partial charge in [-0.1, -0.05) is 54.7 Å². The summed E-state index contributed by atoms with van der Waals surface area (Å²) in [6.07, 6.45) is 6.47. The summed E-state index contributed by atoms with van der Waals surface area (Å²) < 4.78 is 1.10. The highest BCUT2D eigenvalue weighted by molar-refractivity contribution is 9.10. The van der Waals surface area contributed by atoms with Gasteiger partial charge in [0.05, 0.1) is 0 Å². The van der Waals surface area contributed by atoms with Gasteiger partial charge in [0.15, 0.2) is 0 Å². The fourth-order valence-electron chi connectivity index (χ4n) is 1.81. The quantitative estimate of drug-likeness (QED) is 0.700. The minimum Gasteiger partial charge on any atom is -0.0984 e. The Morgan fingerprint density at radius 2 is 1.73 bits per heavy atom. The molecule has 1 fully saturated rings. The smallest absolute Gasteiger partial charge is 0.0253 e. The van der Waals surface area contributed by atoms with Gasteiger partial charge in [-0.25, -0.2) is 0 Å². The molecule has 1 aliphatic rings. The van der Waals surface area contributed by atoms with Gasteiger partial charge >= 0.3 is 0 Å². The van der Waals surface area contributed by atoms with Gasteiger partial charge in [0.2, 0.25) is 0 Å². The lowest BCUT2D eigenvalue weighted by Gasteiger charge is -2.10. The maximum atomic E-state index is 3.88. The maximum absolute atomic E-state index is 3.88. The van der Waals surface area contributed by atoms with E-state index >= 15 is 0 Å². The van der Waals surface area contributed by atoms with E-state index in [9.17, 15) is 0 Å². The van der Waals surface area contributed by atoms with Crippen molar-refractivity contribution in [2.45, 2.75) is 26.2 Å². The van der Waals surface area contributed by atoms with E-state index < -0.39 is 0 Å². The van der Waals surface area contributed by atoms with Crippen LogP contribution in [-0.2, 0) is 0 Å². The Morgan fingerprint density at radius 1 is 1.13 bits per heavy atom. The standard InChI is InChI=1S/C13H13Br.CH4/c1-3-10-11(4-2)13(14)8-7-12(10)9-5-6-9;/h3-4,7-9H,1-2,5-6H2;1H4. The van der Waals surface area contributed by atoms with Gasteiger partial charge < -0.3 is 0 Å². The first-order valence-electron chi connectivity index (χ1n) is 4.85. The summed E-state index contributed by atoms with van der Waals surface area (Å²) in [5.74, 6) is 0.759. The minimum atomic E-state index is 0. The molecule has 0 radical (unpaired) electrons. The van der Waals surface area contributed by atoms with Gasteiger partial charge in [0.25, 0.3) is 0 Å². The van der Waals surface area contributed by atoms with E-state index in [1.807, 2.05) is 12.2 Å². The van der Waals surface area contributed by atoms with Crippen LogP contribution in [0.15, 0.2) is 29.8 Å². The average Bonchev–Trinajstić information content (AvgIpc) is 3.00. The van der Waals surface area contributed by atoms with Crippen LogP contribution in [0, 0.1) is 0 Å². The fourth-order valence-corrected chi connectivity index (χ4v) is 2.32. The molecule has 80 valence electrons. The molecule has 0 N–H and O–H groups in total. The molecule has 2 rings (SSSR count). The van der Waals surface area contributed by atoms with Crippen molar-refractivity contribution in [3.05, 3.63) is 46.5 Å². The number of halogens is 1. The van der Waals surface area contributed by atoms with E-state index in [0.29, 0.717) is 0 Å². The highest BCUT2D eigenvalue weighted by Gasteiger charge is 2.26. The molecular weight excluding hydrogens is 248 g/mol. The van der Waals surface area contributed by atoms with Gasteiger partial charge in [-0.2, -0.15) is 0 Å². The molecule has 1 saturated carbocycles. The summed E-state index contributed by atoms with van der Waals surface area (Å²) in [5.41, 5.74) is 3.85. The summed E-state index contributed by atoms with van der Waals surface area (Å²) >= 11 is 3.53. The van der Waals surface area contributed by atoms with E-state index in [4.69, 9.17) is 0 Å². The molecule has 1 aromatic carbocycles. The van der Waals surface area contributed by atoms with Crippen molar-refractivity contribution in [2.24, 2.45) is 0 Å². The number of benzene rings is 1. The fraction of sp³-hybridized carbons (Fsp3) is 0.286. The van der Waals surface area contributed by atoms with E-state index in [1.54, 1.807) is 0 Å². The lowest BCUT2D eigenvalue weighted by Crippen LogP contribution is -1.90. The number of rotatable bonds is 3. The Balaban J connectivity index is 0.00000112. The minimum absolute atomic E-state index is 0. The van der Waals surface area contributed by atoms with Crippen LogP contribution in [0.4, 0.5) is 0 Å². The lowest BCUT2D eigenvalue weighted by atomic mass is 9.98. The van der Waals surface area contributed by atoms with E-state index in [2.05, 4.69) is 41.2 Å². The third-order valence-electron chi connectivity index (χ3n) is 2.69. The van der Waals surface area contributed by atoms with Crippen molar-refractivity contribution in [2.75, 3.05) is 0 Å². The summed E-state index contributed by atoms with van der Waals surface area (Å²) in [6, 6.07) is 4.31. The molecule has 15 heavy (non-hydrogen) atoms. The second-order valence-corrected chi connectivity index (χ2v) is 4.50. The molecule has 0 nitrogen and oxygen atoms in total. The predicted molar refractivity (Wildman–Crippen MR) is 73.0 cm³/mol. The highest BCUT2D eigenvalue weighted by Crippen LogP contribution is 2.43. The molecule has 0 atom stereocenters. The Kier molecular flexibility index (Phi) is 3.92. The van der Waals surface area contributed by atoms with E-state index in [0.717, 1.165) is 10.4 Å². The first-order valence-corrected chi connectivity index (χ1v) is 5.64. The summed E-state index contributed by atoms with van der Waals surface area (Å²) in [6.45, 7) is 7.73. The second-order valence-electron chi connectivity index (χ2n) is 3.65. The predicted octanol–water partition coefficient (Wildman–Crippen LogP) is 5.25. The lowest BCUT2D eigenvalue weighted by molar-refractivity contribution is 1.12. The molecule has 0 spiro atoms. The van der Waals surface area contributed by atoms with Gasteiger partial charge in [0.1, 0.15) is 0 Å². The molecule has 0 unspecified atom stereocenters. The molecule has 0 bridgehead atoms. The molecule has 1 aromatic rings. The Bertz CT molecular complexity index is 387. The van der Waals surface area contributed by atoms with Crippen molar-refractivity contribution in [1.29, 1.82) is 0 Å². The SMILES string of the molecule is C.C=Cc1c(Br)ccc(C2CC2)c1C=C. The average molecular weight is 265 g/mol. The van der Waals surface area contributed by atoms with Crippen molar-refractivity contribution in [3.8, 4) is 0 Å². The van der Waals surface area contributed by atoms with Crippen molar-refractivity contribution < 1.29 is 0 Å². The summed E-state index contributed by atoms with van der Waals surface area (Å²) in [5, 5.41) is 0. The van der Waals surface area contributed by atoms with E-state index in [-0.39, 0.29) is 7.43 Å². The zero-order valence-electron chi connectivity index (χ0n) is 8.09. The third kappa shape index (κ3) is 2.23. The maximum Gasteiger partial charge on any atom is 0.0253 e. The van der Waals surface area contributed by atoms with Crippen LogP contribution < -0.4 is 0 Å². The first kappa shape index (κ1) is 12.3. The van der Waals surface area contributed by atoms with Gasteiger partial charge in [-0.15, -0.1) is 0 Å². The van der Waals surface area contributed by atoms with Crippen LogP contribution in [0.5, 0.6) is 0 Å². The Labute approximate surface area is 101 Å². The summed E-state index contributed by atoms with van der Waals surface area (Å²) in [4.78, 5) is 0. The molecule has 0 amide bonds. The van der Waals surface area contributed by atoms with Gasteiger partial charge in [0, 0.05) is 4.47 Å². The van der Waals surface area contributed by atoms with Crippen LogP contribution in [-0.4, -0.2) is 0 Å². The topological polar surface area (TPSA) is 0 Å². The van der Waals surface area contributed by atoms with Crippen molar-refractivity contribution >= 4 is 28.1 Å². The molecule has 0 aromatic heterocycles. The van der Waals surface area contributed by atoms with Crippen LogP contribution in [0.3, 0.4) is 0 Å². The van der Waals surface area contributed by atoms with E-state index in [1.165, 1.54) is 29.5 Å². The van der Waals surface area contributed by atoms with Crippen molar-refractivity contribution in [3.63, 3.8) is 0 Å². The monoisotopic (exact) mass is 264 g/mol. The molecule has 0 aliphatic heterocycles. The Hall–Kier alpha value is -0.820. The van der Waals surface area contributed by atoms with Gasteiger partial charge in [-0.05, 0) is 41.5 Å². The highest BCUT2D eigenvalue weighted by atomic mass is 79.9. The third-order valence-corrected chi connectivity index (χ3v) is 3.38. The van der Waals surface area contributed by atoms with Crippen LogP contribution in [0.2, 0.25) is 0 Å². The van der Waals surface area contributed by atoms with Crippen LogP contribution in [0.1, 0.15) is 42.9 Å². The first-order chi connectivity index (χ1) is 6.77. The normalized spacial score (nSPS) is 14.2. The molecule has 0 heterocycles. The van der Waals surface area contributed by atoms with Gasteiger partial charge in [-0.3, -0.25) is 0 Å². The van der Waals surface area contributed by atoms with Crippen molar-refractivity contribution in [1.82, 2.24) is 0 Å². The molecule has 1 aliphatic carbocycles. The molecule has 1 heteroatoms. The van der Waals surface area contributed by atoms with Crippen LogP contribution in [0.25, 0.3) is 12.2 Å². The number of hydrogen-bond acceptors (Lipinski definition) is 0. The zero-order chi connectivity index (χ0) is 10.1. The Morgan fingerprint density at radius 3 is 2.20 bits per heavy atom. The largest absolute Gasteiger partial charge is 0.0984 e. The van der Waals surface area contributed by atoms with Crippen LogP contribution >= 0.6 is 15.9 Å². The summed E-state index contributed by atoms with van der Waals surface area (Å²) in [7, 11) is 0.